The number of nitrogens with one attached hydrogen (secondary N) is 1. The van der Waals surface area contributed by atoms with Crippen molar-refractivity contribution in [3.05, 3.63) is 34.6 Å². The van der Waals surface area contributed by atoms with Crippen molar-refractivity contribution in [3.63, 3.8) is 0 Å². The van der Waals surface area contributed by atoms with E-state index < -0.39 is 0 Å². The molecule has 1 aromatic carbocycles. The average Bonchev–Trinajstić information content (AvgIpc) is 2.22. The SMILES string of the molecule is Nc1cc(Nc2ccc(Br)c(F)c2)nc(N)n1. The average molecular weight is 298 g/mol. The third kappa shape index (κ3) is 2.82. The van der Waals surface area contributed by atoms with Crippen molar-refractivity contribution in [1.82, 2.24) is 9.97 Å². The lowest BCUT2D eigenvalue weighted by Crippen LogP contribution is -2.03. The van der Waals surface area contributed by atoms with E-state index in [0.717, 1.165) is 0 Å². The molecule has 1 aromatic heterocycles. The highest BCUT2D eigenvalue weighted by Gasteiger charge is 2.03. The standard InChI is InChI=1S/C10H9BrFN5/c11-6-2-1-5(3-7(6)12)15-9-4-8(13)16-10(14)17-9/h1-4H,(H5,13,14,15,16,17). The fraction of sp³-hybridized carbons (Fsp3) is 0. The quantitative estimate of drug-likeness (QED) is 0.791. The third-order valence-electron chi connectivity index (χ3n) is 1.96. The first-order valence-electron chi connectivity index (χ1n) is 4.67. The van der Waals surface area contributed by atoms with Crippen LogP contribution in [0.4, 0.5) is 27.7 Å². The Hall–Kier alpha value is -1.89. The van der Waals surface area contributed by atoms with Crippen molar-refractivity contribution < 1.29 is 4.39 Å². The summed E-state index contributed by atoms with van der Waals surface area (Å²) >= 11 is 3.07. The molecule has 0 unspecified atom stereocenters. The number of hydrogen-bond donors (Lipinski definition) is 3. The van der Waals surface area contributed by atoms with E-state index in [0.29, 0.717) is 16.0 Å². The summed E-state index contributed by atoms with van der Waals surface area (Å²) in [6.07, 6.45) is 0. The van der Waals surface area contributed by atoms with Gasteiger partial charge in [-0.25, -0.2) is 4.39 Å². The zero-order valence-electron chi connectivity index (χ0n) is 8.61. The minimum absolute atomic E-state index is 0.0603. The molecule has 88 valence electrons. The summed E-state index contributed by atoms with van der Waals surface area (Å²) in [5.41, 5.74) is 11.5. The largest absolute Gasteiger partial charge is 0.383 e. The van der Waals surface area contributed by atoms with Gasteiger partial charge in [-0.3, -0.25) is 0 Å². The predicted molar refractivity (Wildman–Crippen MR) is 68.2 cm³/mol. The maximum Gasteiger partial charge on any atom is 0.223 e. The Kier molecular flexibility index (Phi) is 3.10. The molecule has 17 heavy (non-hydrogen) atoms. The van der Waals surface area contributed by atoms with Crippen molar-refractivity contribution in [2.45, 2.75) is 0 Å². The van der Waals surface area contributed by atoms with Crippen LogP contribution < -0.4 is 16.8 Å². The molecular weight excluding hydrogens is 289 g/mol. The van der Waals surface area contributed by atoms with Crippen LogP contribution in [0.15, 0.2) is 28.7 Å². The van der Waals surface area contributed by atoms with E-state index >= 15 is 0 Å². The monoisotopic (exact) mass is 297 g/mol. The summed E-state index contributed by atoms with van der Waals surface area (Å²) in [4.78, 5) is 7.65. The molecule has 0 aliphatic heterocycles. The van der Waals surface area contributed by atoms with Crippen molar-refractivity contribution >= 4 is 39.2 Å². The van der Waals surface area contributed by atoms with E-state index in [1.807, 2.05) is 0 Å². The Morgan fingerprint density at radius 1 is 1.18 bits per heavy atom. The first-order valence-corrected chi connectivity index (χ1v) is 5.46. The molecular formula is C10H9BrFN5. The van der Waals surface area contributed by atoms with Gasteiger partial charge in [-0.2, -0.15) is 9.97 Å². The van der Waals surface area contributed by atoms with Gasteiger partial charge in [0.15, 0.2) is 0 Å². The molecule has 1 heterocycles. The molecule has 2 rings (SSSR count). The number of benzene rings is 1. The Bertz CT molecular complexity index is 540. The van der Waals surface area contributed by atoms with Gasteiger partial charge in [-0.1, -0.05) is 0 Å². The highest BCUT2D eigenvalue weighted by Crippen LogP contribution is 2.22. The maximum absolute atomic E-state index is 13.3. The Labute approximate surface area is 105 Å². The number of nitrogens with zero attached hydrogens (tertiary/aromatic N) is 2. The van der Waals surface area contributed by atoms with E-state index in [1.54, 1.807) is 12.1 Å². The van der Waals surface area contributed by atoms with Crippen molar-refractivity contribution in [1.29, 1.82) is 0 Å². The summed E-state index contributed by atoms with van der Waals surface area (Å²) in [6, 6.07) is 6.13. The van der Waals surface area contributed by atoms with E-state index in [-0.39, 0.29) is 17.6 Å². The molecule has 0 aliphatic carbocycles. The van der Waals surface area contributed by atoms with Crippen LogP contribution in [-0.4, -0.2) is 9.97 Å². The van der Waals surface area contributed by atoms with Crippen LogP contribution in [-0.2, 0) is 0 Å². The number of halogens is 2. The summed E-state index contributed by atoms with van der Waals surface area (Å²) in [7, 11) is 0. The Balaban J connectivity index is 2.28. The lowest BCUT2D eigenvalue weighted by atomic mass is 10.3. The second kappa shape index (κ2) is 4.54. The van der Waals surface area contributed by atoms with Crippen molar-refractivity contribution in [2.75, 3.05) is 16.8 Å². The molecule has 2 aromatic rings. The fourth-order valence-corrected chi connectivity index (χ4v) is 1.52. The van der Waals surface area contributed by atoms with Gasteiger partial charge in [-0.05, 0) is 34.1 Å². The normalized spacial score (nSPS) is 10.2. The Morgan fingerprint density at radius 3 is 2.59 bits per heavy atom. The minimum atomic E-state index is -0.370. The third-order valence-corrected chi connectivity index (χ3v) is 2.60. The summed E-state index contributed by atoms with van der Waals surface area (Å²) in [6.45, 7) is 0. The van der Waals surface area contributed by atoms with Gasteiger partial charge < -0.3 is 16.8 Å². The summed E-state index contributed by atoms with van der Waals surface area (Å²) in [5.74, 6) is 0.351. The van der Waals surface area contributed by atoms with Gasteiger partial charge in [0.2, 0.25) is 5.95 Å². The second-order valence-electron chi connectivity index (χ2n) is 3.29. The molecule has 0 radical (unpaired) electrons. The zero-order valence-corrected chi connectivity index (χ0v) is 10.2. The van der Waals surface area contributed by atoms with Gasteiger partial charge >= 0.3 is 0 Å². The fourth-order valence-electron chi connectivity index (χ4n) is 1.27. The number of nitrogen functional groups attached to an aromatic ring is 2. The number of hydrogen-bond acceptors (Lipinski definition) is 5. The van der Waals surface area contributed by atoms with Gasteiger partial charge in [0.1, 0.15) is 17.5 Å². The molecule has 0 amide bonds. The molecule has 0 fully saturated rings. The molecule has 7 heteroatoms. The van der Waals surface area contributed by atoms with E-state index in [2.05, 4.69) is 31.2 Å². The molecule has 0 saturated carbocycles. The molecule has 5 nitrogen and oxygen atoms in total. The van der Waals surface area contributed by atoms with Crippen LogP contribution in [0.25, 0.3) is 0 Å². The van der Waals surface area contributed by atoms with Gasteiger partial charge in [0.05, 0.1) is 4.47 Å². The number of anilines is 4. The van der Waals surface area contributed by atoms with Crippen molar-refractivity contribution in [3.8, 4) is 0 Å². The van der Waals surface area contributed by atoms with E-state index in [4.69, 9.17) is 11.5 Å². The summed E-state index contributed by atoms with van der Waals surface area (Å²) in [5, 5.41) is 2.88. The molecule has 0 aliphatic rings. The number of aromatic nitrogens is 2. The van der Waals surface area contributed by atoms with Crippen LogP contribution in [0.2, 0.25) is 0 Å². The molecule has 0 saturated heterocycles. The Morgan fingerprint density at radius 2 is 1.94 bits per heavy atom. The molecule has 0 spiro atoms. The van der Waals surface area contributed by atoms with Crippen LogP contribution in [0.5, 0.6) is 0 Å². The van der Waals surface area contributed by atoms with Gasteiger partial charge in [-0.15, -0.1) is 0 Å². The van der Waals surface area contributed by atoms with E-state index in [1.165, 1.54) is 12.1 Å². The maximum atomic E-state index is 13.3. The number of rotatable bonds is 2. The number of nitrogens with two attached hydrogens (primary N) is 2. The lowest BCUT2D eigenvalue weighted by Gasteiger charge is -2.07. The first kappa shape index (κ1) is 11.6. The predicted octanol–water partition coefficient (Wildman–Crippen LogP) is 2.29. The first-order chi connectivity index (χ1) is 8.04. The molecule has 0 atom stereocenters. The smallest absolute Gasteiger partial charge is 0.223 e. The highest BCUT2D eigenvalue weighted by atomic mass is 79.9. The van der Waals surface area contributed by atoms with Gasteiger partial charge in [0.25, 0.3) is 0 Å². The second-order valence-corrected chi connectivity index (χ2v) is 4.14. The van der Waals surface area contributed by atoms with Crippen LogP contribution >= 0.6 is 15.9 Å². The van der Waals surface area contributed by atoms with Crippen molar-refractivity contribution in [2.24, 2.45) is 0 Å². The van der Waals surface area contributed by atoms with Crippen LogP contribution in [0, 0.1) is 5.82 Å². The van der Waals surface area contributed by atoms with Crippen LogP contribution in [0.3, 0.4) is 0 Å². The van der Waals surface area contributed by atoms with Crippen LogP contribution in [0.1, 0.15) is 0 Å². The minimum Gasteiger partial charge on any atom is -0.383 e. The summed E-state index contributed by atoms with van der Waals surface area (Å²) < 4.78 is 13.7. The van der Waals surface area contributed by atoms with E-state index in [9.17, 15) is 4.39 Å². The topological polar surface area (TPSA) is 89.8 Å². The molecule has 0 bridgehead atoms. The van der Waals surface area contributed by atoms with Gasteiger partial charge in [0, 0.05) is 11.8 Å². The zero-order chi connectivity index (χ0) is 12.4. The highest BCUT2D eigenvalue weighted by molar-refractivity contribution is 9.10. The lowest BCUT2D eigenvalue weighted by molar-refractivity contribution is 0.622. The molecule has 5 N–H and O–H groups in total.